The van der Waals surface area contributed by atoms with E-state index in [0.717, 1.165) is 33.3 Å². The number of aryl methyl sites for hydroxylation is 1. The average Bonchev–Trinajstić information content (AvgIpc) is 3.12. The Kier molecular flexibility index (Phi) is 7.48. The summed E-state index contributed by atoms with van der Waals surface area (Å²) in [6.07, 6.45) is 0.680. The lowest BCUT2D eigenvalue weighted by atomic mass is 9.83. The maximum atomic E-state index is 13.2. The molecule has 0 spiro atoms. The molecule has 0 fully saturated rings. The zero-order valence-electron chi connectivity index (χ0n) is 24.3. The van der Waals surface area contributed by atoms with Crippen molar-refractivity contribution in [3.63, 3.8) is 0 Å². The van der Waals surface area contributed by atoms with Gasteiger partial charge in [0.25, 0.3) is 5.91 Å². The summed E-state index contributed by atoms with van der Waals surface area (Å²) in [6, 6.07) is 22.0. The highest BCUT2D eigenvalue weighted by Gasteiger charge is 2.29. The van der Waals surface area contributed by atoms with E-state index in [0.29, 0.717) is 12.0 Å². The molecule has 1 amide bonds. The number of benzene rings is 3. The Bertz CT molecular complexity index is 1540. The maximum Gasteiger partial charge on any atom is 0.313 e. The monoisotopic (exact) mass is 524 g/mol. The first kappa shape index (κ1) is 28.2. The molecule has 204 valence electrons. The van der Waals surface area contributed by atoms with Crippen LogP contribution in [-0.4, -0.2) is 21.6 Å². The number of nitrogens with one attached hydrogen (secondary N) is 1. The number of nitrogens with zero attached hydrogens (tertiary/aromatic N) is 1. The van der Waals surface area contributed by atoms with Gasteiger partial charge in [-0.05, 0) is 79.5 Å². The smallest absolute Gasteiger partial charge is 0.313 e. The van der Waals surface area contributed by atoms with Gasteiger partial charge in [0.05, 0.1) is 11.5 Å². The van der Waals surface area contributed by atoms with Crippen LogP contribution < -0.4 is 5.32 Å². The first-order chi connectivity index (χ1) is 18.2. The molecule has 0 aliphatic carbocycles. The molecule has 39 heavy (non-hydrogen) atoms. The number of fused-ring (bicyclic) bond motifs is 1. The first-order valence-corrected chi connectivity index (χ1v) is 13.5. The summed E-state index contributed by atoms with van der Waals surface area (Å²) in [7, 11) is 2.02. The minimum Gasteiger partial charge on any atom is -0.481 e. The van der Waals surface area contributed by atoms with E-state index in [-0.39, 0.29) is 17.4 Å². The van der Waals surface area contributed by atoms with Gasteiger partial charge in [-0.2, -0.15) is 0 Å². The van der Waals surface area contributed by atoms with Crippen molar-refractivity contribution >= 4 is 22.8 Å². The molecule has 0 bridgehead atoms. The van der Waals surface area contributed by atoms with E-state index in [1.807, 2.05) is 56.4 Å². The average molecular weight is 525 g/mol. The van der Waals surface area contributed by atoms with E-state index in [2.05, 4.69) is 61.8 Å². The van der Waals surface area contributed by atoms with E-state index < -0.39 is 11.4 Å². The number of carbonyl (C=O) groups excluding carboxylic acids is 1. The molecule has 0 saturated carbocycles. The SMILES string of the molecule is Cc1c(Cc2cccc(C(C)(C)C(=O)O)c2)c2ccc(C(=O)N[C@@H](C)c3ccc(C(C)(C)C)cc3)cc2n1C. The van der Waals surface area contributed by atoms with E-state index in [1.165, 1.54) is 11.1 Å². The number of amides is 1. The van der Waals surface area contributed by atoms with Gasteiger partial charge in [-0.25, -0.2) is 0 Å². The standard InChI is InChI=1S/C34H40N2O3/c1-21(24-12-15-26(16-13-24)33(3,4)5)35-31(37)25-14-17-28-29(22(2)36(8)30(28)20-25)19-23-10-9-11-27(18-23)34(6,7)32(38)39/h9-18,20-21H,19H2,1-8H3,(H,35,37)(H,38,39)/t21-/m0/s1. The van der Waals surface area contributed by atoms with Crippen LogP contribution in [0.2, 0.25) is 0 Å². The summed E-state index contributed by atoms with van der Waals surface area (Å²) >= 11 is 0. The fraction of sp³-hybridized carbons (Fsp3) is 0.353. The highest BCUT2D eigenvalue weighted by molar-refractivity contribution is 5.99. The molecule has 0 aliphatic rings. The molecule has 4 aromatic rings. The Morgan fingerprint density at radius 3 is 2.21 bits per heavy atom. The molecule has 1 heterocycles. The Hall–Kier alpha value is -3.86. The maximum absolute atomic E-state index is 13.2. The van der Waals surface area contributed by atoms with Gasteiger partial charge in [0, 0.05) is 29.2 Å². The molecule has 0 radical (unpaired) electrons. The first-order valence-electron chi connectivity index (χ1n) is 13.5. The fourth-order valence-corrected chi connectivity index (χ4v) is 5.04. The summed E-state index contributed by atoms with van der Waals surface area (Å²) in [5.41, 5.74) is 7.23. The van der Waals surface area contributed by atoms with E-state index in [9.17, 15) is 14.7 Å². The van der Waals surface area contributed by atoms with Crippen LogP contribution in [0.15, 0.2) is 66.7 Å². The number of carboxylic acid groups (broad SMARTS) is 1. The van der Waals surface area contributed by atoms with E-state index in [4.69, 9.17) is 0 Å². The lowest BCUT2D eigenvalue weighted by Crippen LogP contribution is -2.28. The second kappa shape index (κ2) is 10.4. The van der Waals surface area contributed by atoms with Crippen molar-refractivity contribution in [2.24, 2.45) is 7.05 Å². The largest absolute Gasteiger partial charge is 0.481 e. The molecule has 1 aromatic heterocycles. The number of carboxylic acids is 1. The van der Waals surface area contributed by atoms with Gasteiger partial charge < -0.3 is 15.0 Å². The molecular formula is C34H40N2O3. The van der Waals surface area contributed by atoms with Gasteiger partial charge in [0.1, 0.15) is 0 Å². The Morgan fingerprint density at radius 1 is 0.923 bits per heavy atom. The molecule has 0 aliphatic heterocycles. The van der Waals surface area contributed by atoms with Crippen LogP contribution in [0.25, 0.3) is 10.9 Å². The quantitative estimate of drug-likeness (QED) is 0.268. The molecule has 4 rings (SSSR count). The molecule has 0 unspecified atom stereocenters. The second-order valence-electron chi connectivity index (χ2n) is 12.2. The molecule has 5 heteroatoms. The van der Waals surface area contributed by atoms with Gasteiger partial charge in [-0.3, -0.25) is 9.59 Å². The third-order valence-corrected chi connectivity index (χ3v) is 8.07. The molecule has 2 N–H and O–H groups in total. The summed E-state index contributed by atoms with van der Waals surface area (Å²) in [6.45, 7) is 14.1. The molecule has 5 nitrogen and oxygen atoms in total. The predicted molar refractivity (Wildman–Crippen MR) is 159 cm³/mol. The Morgan fingerprint density at radius 2 is 1.59 bits per heavy atom. The summed E-state index contributed by atoms with van der Waals surface area (Å²) < 4.78 is 2.13. The van der Waals surface area contributed by atoms with Gasteiger partial charge in [-0.15, -0.1) is 0 Å². The summed E-state index contributed by atoms with van der Waals surface area (Å²) in [5.74, 6) is -0.948. The topological polar surface area (TPSA) is 71.3 Å². The van der Waals surface area contributed by atoms with Crippen LogP contribution in [0.4, 0.5) is 0 Å². The molecule has 1 atom stereocenters. The lowest BCUT2D eigenvalue weighted by Gasteiger charge is -2.21. The van der Waals surface area contributed by atoms with Crippen LogP contribution in [0.5, 0.6) is 0 Å². The number of rotatable bonds is 7. The zero-order chi connectivity index (χ0) is 28.7. The molecule has 3 aromatic carbocycles. The molecular weight excluding hydrogens is 484 g/mol. The second-order valence-corrected chi connectivity index (χ2v) is 12.2. The van der Waals surface area contributed by atoms with Crippen LogP contribution >= 0.6 is 0 Å². The van der Waals surface area contributed by atoms with E-state index >= 15 is 0 Å². The number of aliphatic carboxylic acids is 1. The van der Waals surface area contributed by atoms with Crippen LogP contribution in [0, 0.1) is 6.92 Å². The lowest BCUT2D eigenvalue weighted by molar-refractivity contribution is -0.142. The van der Waals surface area contributed by atoms with Crippen molar-refractivity contribution in [1.29, 1.82) is 0 Å². The van der Waals surface area contributed by atoms with Crippen molar-refractivity contribution in [2.45, 2.75) is 71.8 Å². The van der Waals surface area contributed by atoms with Crippen LogP contribution in [-0.2, 0) is 29.1 Å². The fourth-order valence-electron chi connectivity index (χ4n) is 5.04. The third kappa shape index (κ3) is 5.63. The summed E-state index contributed by atoms with van der Waals surface area (Å²) in [4.78, 5) is 25.0. The van der Waals surface area contributed by atoms with Crippen molar-refractivity contribution < 1.29 is 14.7 Å². The highest BCUT2D eigenvalue weighted by Crippen LogP contribution is 2.31. The molecule has 0 saturated heterocycles. The van der Waals surface area contributed by atoms with Crippen molar-refractivity contribution in [3.05, 3.63) is 106 Å². The van der Waals surface area contributed by atoms with Gasteiger partial charge in [0.2, 0.25) is 0 Å². The van der Waals surface area contributed by atoms with Gasteiger partial charge in [0.15, 0.2) is 0 Å². The number of carbonyl (C=O) groups is 2. The Balaban J connectivity index is 1.58. The van der Waals surface area contributed by atoms with Crippen molar-refractivity contribution in [1.82, 2.24) is 9.88 Å². The van der Waals surface area contributed by atoms with E-state index in [1.54, 1.807) is 13.8 Å². The van der Waals surface area contributed by atoms with Crippen LogP contribution in [0.1, 0.15) is 91.5 Å². The predicted octanol–water partition coefficient (Wildman–Crippen LogP) is 7.23. The summed E-state index contributed by atoms with van der Waals surface area (Å²) in [5, 5.41) is 13.9. The minimum absolute atomic E-state index is 0.0876. The number of hydrogen-bond acceptors (Lipinski definition) is 2. The zero-order valence-corrected chi connectivity index (χ0v) is 24.3. The Labute approximate surface area is 231 Å². The minimum atomic E-state index is -0.960. The highest BCUT2D eigenvalue weighted by atomic mass is 16.4. The third-order valence-electron chi connectivity index (χ3n) is 8.07. The normalized spacial score (nSPS) is 12.9. The van der Waals surface area contributed by atoms with Crippen LogP contribution in [0.3, 0.4) is 0 Å². The van der Waals surface area contributed by atoms with Gasteiger partial charge >= 0.3 is 5.97 Å². The van der Waals surface area contributed by atoms with Crippen molar-refractivity contribution in [3.8, 4) is 0 Å². The van der Waals surface area contributed by atoms with Gasteiger partial charge in [-0.1, -0.05) is 75.4 Å². The number of aromatic nitrogens is 1. The number of hydrogen-bond donors (Lipinski definition) is 2. The van der Waals surface area contributed by atoms with Crippen molar-refractivity contribution in [2.75, 3.05) is 0 Å².